The molecule has 0 aliphatic carbocycles. The van der Waals surface area contributed by atoms with Crippen LogP contribution in [0.5, 0.6) is 5.75 Å². The Morgan fingerprint density at radius 3 is 2.52 bits per heavy atom. The zero-order valence-electron chi connectivity index (χ0n) is 12.7. The Balaban J connectivity index is 2.85. The van der Waals surface area contributed by atoms with Gasteiger partial charge >= 0.3 is 0 Å². The molecule has 120 valence electrons. The van der Waals surface area contributed by atoms with Crippen LogP contribution in [-0.4, -0.2) is 33.3 Å². The van der Waals surface area contributed by atoms with E-state index >= 15 is 0 Å². The molecule has 0 saturated heterocycles. The molecule has 21 heavy (non-hydrogen) atoms. The molecule has 1 atom stereocenters. The van der Waals surface area contributed by atoms with Crippen LogP contribution in [0.25, 0.3) is 0 Å². The number of halogens is 1. The molecule has 0 aliphatic rings. The van der Waals surface area contributed by atoms with Crippen LogP contribution in [0.15, 0.2) is 27.6 Å². The lowest BCUT2D eigenvalue weighted by atomic mass is 9.89. The average Bonchev–Trinajstić information content (AvgIpc) is 2.34. The molecule has 2 N–H and O–H groups in total. The predicted molar refractivity (Wildman–Crippen MR) is 86.0 cm³/mol. The van der Waals surface area contributed by atoms with E-state index in [2.05, 4.69) is 20.7 Å². The summed E-state index contributed by atoms with van der Waals surface area (Å²) in [6.07, 6.45) is -0.233. The fourth-order valence-corrected chi connectivity index (χ4v) is 3.70. The van der Waals surface area contributed by atoms with E-state index in [-0.39, 0.29) is 22.6 Å². The average molecular weight is 380 g/mol. The van der Waals surface area contributed by atoms with Crippen molar-refractivity contribution in [3.05, 3.63) is 22.7 Å². The van der Waals surface area contributed by atoms with Crippen LogP contribution < -0.4 is 9.46 Å². The first kappa shape index (κ1) is 18.4. The summed E-state index contributed by atoms with van der Waals surface area (Å²) in [5.74, 6) is 0.260. The third-order valence-electron chi connectivity index (χ3n) is 2.77. The van der Waals surface area contributed by atoms with Gasteiger partial charge in [0.05, 0.1) is 13.2 Å². The standard InChI is InChI=1S/C14H22BrNO4S/c1-14(2,3)8-11(17)9-16-21(18,19)13-7-10(15)5-6-12(13)20-4/h5-7,11,16-17H,8-9H2,1-4H3. The van der Waals surface area contributed by atoms with Crippen molar-refractivity contribution in [1.29, 1.82) is 0 Å². The highest BCUT2D eigenvalue weighted by molar-refractivity contribution is 9.10. The van der Waals surface area contributed by atoms with Crippen LogP contribution in [0.2, 0.25) is 0 Å². The van der Waals surface area contributed by atoms with Crippen molar-refractivity contribution in [3.8, 4) is 5.75 Å². The Labute approximate surface area is 134 Å². The number of sulfonamides is 1. The maximum atomic E-state index is 12.3. The summed E-state index contributed by atoms with van der Waals surface area (Å²) >= 11 is 3.24. The van der Waals surface area contributed by atoms with Gasteiger partial charge in [-0.2, -0.15) is 0 Å². The van der Waals surface area contributed by atoms with Crippen LogP contribution >= 0.6 is 15.9 Å². The highest BCUT2D eigenvalue weighted by Gasteiger charge is 2.23. The molecule has 0 aliphatic heterocycles. The molecule has 0 amide bonds. The van der Waals surface area contributed by atoms with Crippen molar-refractivity contribution in [2.75, 3.05) is 13.7 Å². The molecule has 1 aromatic carbocycles. The van der Waals surface area contributed by atoms with Crippen LogP contribution in [0.1, 0.15) is 27.2 Å². The maximum Gasteiger partial charge on any atom is 0.244 e. The molecule has 0 spiro atoms. The maximum absolute atomic E-state index is 12.3. The zero-order chi connectivity index (χ0) is 16.3. The number of aliphatic hydroxyl groups is 1. The van der Waals surface area contributed by atoms with Gasteiger partial charge in [0.15, 0.2) is 0 Å². The van der Waals surface area contributed by atoms with Gasteiger partial charge in [0.1, 0.15) is 10.6 Å². The molecule has 1 rings (SSSR count). The second-order valence-electron chi connectivity index (χ2n) is 6.07. The summed E-state index contributed by atoms with van der Waals surface area (Å²) in [4.78, 5) is 0.0438. The van der Waals surface area contributed by atoms with Crippen LogP contribution in [0.3, 0.4) is 0 Å². The van der Waals surface area contributed by atoms with Crippen molar-refractivity contribution in [2.24, 2.45) is 5.41 Å². The molecule has 0 heterocycles. The Kier molecular flexibility index (Phi) is 6.22. The highest BCUT2D eigenvalue weighted by Crippen LogP contribution is 2.27. The summed E-state index contributed by atoms with van der Waals surface area (Å²) in [5, 5.41) is 9.91. The Bertz CT molecular complexity index is 581. The SMILES string of the molecule is COc1ccc(Br)cc1S(=O)(=O)NCC(O)CC(C)(C)C. The van der Waals surface area contributed by atoms with Crippen molar-refractivity contribution in [1.82, 2.24) is 4.72 Å². The van der Waals surface area contributed by atoms with Gasteiger partial charge in [-0.3, -0.25) is 0 Å². The molecule has 0 fully saturated rings. The first-order valence-corrected chi connectivity index (χ1v) is 8.84. The Hall–Kier alpha value is -0.630. The summed E-state index contributed by atoms with van der Waals surface area (Å²) in [7, 11) is -2.33. The number of aliphatic hydroxyl groups excluding tert-OH is 1. The van der Waals surface area contributed by atoms with Gasteiger partial charge in [-0.15, -0.1) is 0 Å². The van der Waals surface area contributed by atoms with Crippen LogP contribution in [0, 0.1) is 5.41 Å². The van der Waals surface area contributed by atoms with E-state index < -0.39 is 16.1 Å². The molecule has 1 unspecified atom stereocenters. The van der Waals surface area contributed by atoms with E-state index in [0.717, 1.165) is 0 Å². The number of hydrogen-bond donors (Lipinski definition) is 2. The zero-order valence-corrected chi connectivity index (χ0v) is 15.1. The largest absolute Gasteiger partial charge is 0.495 e. The molecule has 0 radical (unpaired) electrons. The molecule has 0 aromatic heterocycles. The third-order valence-corrected chi connectivity index (χ3v) is 4.71. The normalized spacial score (nSPS) is 14.0. The fourth-order valence-electron chi connectivity index (χ4n) is 1.92. The molecule has 7 heteroatoms. The monoisotopic (exact) mass is 379 g/mol. The van der Waals surface area contributed by atoms with Crippen molar-refractivity contribution < 1.29 is 18.3 Å². The number of nitrogens with one attached hydrogen (secondary N) is 1. The van der Waals surface area contributed by atoms with Gasteiger partial charge < -0.3 is 9.84 Å². The first-order valence-electron chi connectivity index (χ1n) is 6.56. The minimum absolute atomic E-state index is 0.0325. The van der Waals surface area contributed by atoms with Crippen LogP contribution in [-0.2, 0) is 10.0 Å². The van der Waals surface area contributed by atoms with Crippen molar-refractivity contribution >= 4 is 26.0 Å². The number of hydrogen-bond acceptors (Lipinski definition) is 4. The van der Waals surface area contributed by atoms with E-state index in [1.165, 1.54) is 13.2 Å². The summed E-state index contributed by atoms with van der Waals surface area (Å²) in [5.41, 5.74) is -0.0711. The minimum Gasteiger partial charge on any atom is -0.495 e. The summed E-state index contributed by atoms with van der Waals surface area (Å²) in [6, 6.07) is 4.74. The Morgan fingerprint density at radius 2 is 2.00 bits per heavy atom. The predicted octanol–water partition coefficient (Wildman–Crippen LogP) is 2.53. The smallest absolute Gasteiger partial charge is 0.244 e. The van der Waals surface area contributed by atoms with Crippen LogP contribution in [0.4, 0.5) is 0 Å². The van der Waals surface area contributed by atoms with Gasteiger partial charge in [-0.25, -0.2) is 13.1 Å². The number of benzene rings is 1. The lowest BCUT2D eigenvalue weighted by Crippen LogP contribution is -2.34. The van der Waals surface area contributed by atoms with Crippen molar-refractivity contribution in [3.63, 3.8) is 0 Å². The summed E-state index contributed by atoms with van der Waals surface area (Å²) in [6.45, 7) is 5.93. The lowest BCUT2D eigenvalue weighted by Gasteiger charge is -2.22. The lowest BCUT2D eigenvalue weighted by molar-refractivity contribution is 0.125. The molecular weight excluding hydrogens is 358 g/mol. The molecule has 0 saturated carbocycles. The minimum atomic E-state index is -3.74. The molecular formula is C14H22BrNO4S. The van der Waals surface area contributed by atoms with Gasteiger partial charge in [-0.05, 0) is 30.0 Å². The van der Waals surface area contributed by atoms with E-state index in [9.17, 15) is 13.5 Å². The quantitative estimate of drug-likeness (QED) is 0.795. The van der Waals surface area contributed by atoms with E-state index in [4.69, 9.17) is 4.74 Å². The molecule has 5 nitrogen and oxygen atoms in total. The first-order chi connectivity index (χ1) is 9.55. The van der Waals surface area contributed by atoms with Gasteiger partial charge in [0, 0.05) is 11.0 Å². The van der Waals surface area contributed by atoms with Gasteiger partial charge in [0.25, 0.3) is 0 Å². The fraction of sp³-hybridized carbons (Fsp3) is 0.571. The van der Waals surface area contributed by atoms with Gasteiger partial charge in [-0.1, -0.05) is 36.7 Å². The Morgan fingerprint density at radius 1 is 1.38 bits per heavy atom. The summed E-state index contributed by atoms with van der Waals surface area (Å²) < 4.78 is 32.8. The number of rotatable bonds is 6. The second-order valence-corrected chi connectivity index (χ2v) is 8.72. The second kappa shape index (κ2) is 7.09. The van der Waals surface area contributed by atoms with E-state index in [1.807, 2.05) is 20.8 Å². The van der Waals surface area contributed by atoms with Crippen molar-refractivity contribution in [2.45, 2.75) is 38.2 Å². The van der Waals surface area contributed by atoms with E-state index in [1.54, 1.807) is 12.1 Å². The molecule has 1 aromatic rings. The molecule has 0 bridgehead atoms. The highest BCUT2D eigenvalue weighted by atomic mass is 79.9. The third kappa shape index (κ3) is 5.94. The number of methoxy groups -OCH3 is 1. The topological polar surface area (TPSA) is 75.6 Å². The van der Waals surface area contributed by atoms with Gasteiger partial charge in [0.2, 0.25) is 10.0 Å². The van der Waals surface area contributed by atoms with E-state index in [0.29, 0.717) is 10.9 Å². The number of ether oxygens (including phenoxy) is 1.